The van der Waals surface area contributed by atoms with Crippen molar-refractivity contribution in [3.63, 3.8) is 0 Å². The lowest BCUT2D eigenvalue weighted by Gasteiger charge is -2.03. The molecule has 2 rings (SSSR count). The summed E-state index contributed by atoms with van der Waals surface area (Å²) in [5.74, 6) is 0.250. The fraction of sp³-hybridized carbons (Fsp3) is 0.214. The van der Waals surface area contributed by atoms with Gasteiger partial charge in [-0.1, -0.05) is 6.07 Å². The van der Waals surface area contributed by atoms with Crippen LogP contribution in [-0.2, 0) is 6.54 Å². The zero-order chi connectivity index (χ0) is 13.8. The molecule has 0 saturated carbocycles. The molecule has 0 fully saturated rings. The van der Waals surface area contributed by atoms with Crippen LogP contribution in [0.2, 0.25) is 0 Å². The molecule has 0 aliphatic carbocycles. The standard InChI is InChI=1S/C14H14N2O3/c1-9-7-12(17)13(14(18)19-9)10(2)16-8-11-5-3-4-6-15-11/h3-7,17H,8H2,1-2H3. The van der Waals surface area contributed by atoms with Gasteiger partial charge in [-0.05, 0) is 26.0 Å². The van der Waals surface area contributed by atoms with Crippen molar-refractivity contribution in [3.8, 4) is 5.75 Å². The molecule has 5 heteroatoms. The van der Waals surface area contributed by atoms with E-state index in [1.165, 1.54) is 6.07 Å². The maximum absolute atomic E-state index is 11.7. The summed E-state index contributed by atoms with van der Waals surface area (Å²) in [6.45, 7) is 3.61. The van der Waals surface area contributed by atoms with Crippen LogP contribution >= 0.6 is 0 Å². The van der Waals surface area contributed by atoms with Crippen molar-refractivity contribution in [1.82, 2.24) is 4.98 Å². The van der Waals surface area contributed by atoms with Crippen LogP contribution in [0.4, 0.5) is 0 Å². The number of aromatic nitrogens is 1. The predicted molar refractivity (Wildman–Crippen MR) is 71.5 cm³/mol. The lowest BCUT2D eigenvalue weighted by molar-refractivity contribution is 0.432. The van der Waals surface area contributed by atoms with Crippen LogP contribution in [0.15, 0.2) is 44.7 Å². The predicted octanol–water partition coefficient (Wildman–Crippen LogP) is 2.06. The van der Waals surface area contributed by atoms with Crippen molar-refractivity contribution in [2.45, 2.75) is 20.4 Å². The molecule has 0 spiro atoms. The average Bonchev–Trinajstić information content (AvgIpc) is 2.36. The molecule has 0 aliphatic heterocycles. The molecule has 0 atom stereocenters. The molecule has 0 saturated heterocycles. The van der Waals surface area contributed by atoms with Gasteiger partial charge in [0.1, 0.15) is 17.1 Å². The third-order valence-electron chi connectivity index (χ3n) is 2.62. The summed E-state index contributed by atoms with van der Waals surface area (Å²) in [6.07, 6.45) is 1.68. The minimum Gasteiger partial charge on any atom is -0.507 e. The molecule has 5 nitrogen and oxygen atoms in total. The third kappa shape index (κ3) is 3.07. The van der Waals surface area contributed by atoms with Gasteiger partial charge in [0.25, 0.3) is 0 Å². The average molecular weight is 258 g/mol. The van der Waals surface area contributed by atoms with E-state index in [4.69, 9.17) is 4.42 Å². The summed E-state index contributed by atoms with van der Waals surface area (Å²) < 4.78 is 4.95. The summed E-state index contributed by atoms with van der Waals surface area (Å²) in [5, 5.41) is 9.78. The number of rotatable bonds is 3. The molecular weight excluding hydrogens is 244 g/mol. The van der Waals surface area contributed by atoms with Gasteiger partial charge in [0.15, 0.2) is 0 Å². The fourth-order valence-electron chi connectivity index (χ4n) is 1.70. The topological polar surface area (TPSA) is 75.7 Å². The molecule has 2 aromatic rings. The van der Waals surface area contributed by atoms with Gasteiger partial charge in [0.05, 0.1) is 18.0 Å². The van der Waals surface area contributed by atoms with Gasteiger partial charge in [0.2, 0.25) is 0 Å². The van der Waals surface area contributed by atoms with Crippen LogP contribution in [0, 0.1) is 6.92 Å². The highest BCUT2D eigenvalue weighted by Crippen LogP contribution is 2.15. The second-order valence-electron chi connectivity index (χ2n) is 4.13. The Morgan fingerprint density at radius 1 is 1.47 bits per heavy atom. The molecular formula is C14H14N2O3. The molecule has 0 unspecified atom stereocenters. The number of aliphatic imine (C=N–C) groups is 1. The monoisotopic (exact) mass is 258 g/mol. The number of nitrogens with zero attached hydrogens (tertiary/aromatic N) is 2. The number of aryl methyl sites for hydroxylation is 1. The first-order chi connectivity index (χ1) is 9.08. The normalized spacial score (nSPS) is 11.6. The second-order valence-corrected chi connectivity index (χ2v) is 4.13. The maximum Gasteiger partial charge on any atom is 0.348 e. The van der Waals surface area contributed by atoms with Gasteiger partial charge in [-0.2, -0.15) is 0 Å². The summed E-state index contributed by atoms with van der Waals surface area (Å²) in [4.78, 5) is 20.1. The van der Waals surface area contributed by atoms with Crippen molar-refractivity contribution in [2.75, 3.05) is 0 Å². The molecule has 0 amide bonds. The molecule has 1 N–H and O–H groups in total. The molecule has 19 heavy (non-hydrogen) atoms. The van der Waals surface area contributed by atoms with Crippen molar-refractivity contribution in [2.24, 2.45) is 4.99 Å². The SMILES string of the molecule is CC(=NCc1ccccn1)c1c(O)cc(C)oc1=O. The minimum atomic E-state index is -0.584. The lowest BCUT2D eigenvalue weighted by Crippen LogP contribution is -2.13. The highest BCUT2D eigenvalue weighted by atomic mass is 16.4. The molecule has 0 aromatic carbocycles. The van der Waals surface area contributed by atoms with Crippen LogP contribution < -0.4 is 5.63 Å². The van der Waals surface area contributed by atoms with E-state index in [2.05, 4.69) is 9.98 Å². The van der Waals surface area contributed by atoms with E-state index in [0.717, 1.165) is 5.69 Å². The zero-order valence-corrected chi connectivity index (χ0v) is 10.8. The Morgan fingerprint density at radius 3 is 2.89 bits per heavy atom. The Bertz CT molecular complexity index is 660. The number of pyridine rings is 1. The maximum atomic E-state index is 11.7. The first kappa shape index (κ1) is 13.0. The van der Waals surface area contributed by atoms with Crippen LogP contribution in [0.1, 0.15) is 23.9 Å². The highest BCUT2D eigenvalue weighted by molar-refractivity contribution is 6.00. The van der Waals surface area contributed by atoms with Crippen molar-refractivity contribution < 1.29 is 9.52 Å². The summed E-state index contributed by atoms with van der Waals surface area (Å²) in [5.41, 5.74) is 0.732. The van der Waals surface area contributed by atoms with Crippen LogP contribution in [0.25, 0.3) is 0 Å². The minimum absolute atomic E-state index is 0.0986. The second kappa shape index (κ2) is 5.48. The van der Waals surface area contributed by atoms with E-state index < -0.39 is 5.63 Å². The lowest BCUT2D eigenvalue weighted by atomic mass is 10.1. The van der Waals surface area contributed by atoms with Gasteiger partial charge < -0.3 is 9.52 Å². The van der Waals surface area contributed by atoms with E-state index in [0.29, 0.717) is 18.0 Å². The summed E-state index contributed by atoms with van der Waals surface area (Å²) in [6, 6.07) is 6.93. The van der Waals surface area contributed by atoms with Crippen molar-refractivity contribution >= 4 is 5.71 Å². The van der Waals surface area contributed by atoms with Crippen molar-refractivity contribution in [3.05, 3.63) is 57.9 Å². The molecule has 0 bridgehead atoms. The van der Waals surface area contributed by atoms with Gasteiger partial charge in [-0.25, -0.2) is 4.79 Å². The van der Waals surface area contributed by atoms with Gasteiger partial charge in [0, 0.05) is 12.3 Å². The van der Waals surface area contributed by atoms with E-state index >= 15 is 0 Å². The van der Waals surface area contributed by atoms with Gasteiger partial charge in [-0.3, -0.25) is 9.98 Å². The van der Waals surface area contributed by atoms with E-state index in [1.54, 1.807) is 20.0 Å². The zero-order valence-electron chi connectivity index (χ0n) is 10.8. The van der Waals surface area contributed by atoms with E-state index in [9.17, 15) is 9.90 Å². The van der Waals surface area contributed by atoms with Gasteiger partial charge in [-0.15, -0.1) is 0 Å². The Labute approximate surface area is 110 Å². The Kier molecular flexibility index (Phi) is 3.75. The fourth-order valence-corrected chi connectivity index (χ4v) is 1.70. The Balaban J connectivity index is 2.30. The van der Waals surface area contributed by atoms with Crippen molar-refractivity contribution in [1.29, 1.82) is 0 Å². The number of hydrogen-bond donors (Lipinski definition) is 1. The third-order valence-corrected chi connectivity index (χ3v) is 2.62. The van der Waals surface area contributed by atoms with Gasteiger partial charge >= 0.3 is 5.63 Å². The summed E-state index contributed by atoms with van der Waals surface area (Å²) >= 11 is 0. The Morgan fingerprint density at radius 2 is 2.26 bits per heavy atom. The first-order valence-corrected chi connectivity index (χ1v) is 5.83. The largest absolute Gasteiger partial charge is 0.507 e. The molecule has 2 aromatic heterocycles. The highest BCUT2D eigenvalue weighted by Gasteiger charge is 2.12. The van der Waals surface area contributed by atoms with Crippen LogP contribution in [0.5, 0.6) is 5.75 Å². The molecule has 98 valence electrons. The molecule has 0 radical (unpaired) electrons. The van der Waals surface area contributed by atoms with E-state index in [1.807, 2.05) is 18.2 Å². The van der Waals surface area contributed by atoms with Crippen LogP contribution in [-0.4, -0.2) is 15.8 Å². The van der Waals surface area contributed by atoms with Crippen LogP contribution in [0.3, 0.4) is 0 Å². The molecule has 0 aliphatic rings. The number of hydrogen-bond acceptors (Lipinski definition) is 5. The van der Waals surface area contributed by atoms with E-state index in [-0.39, 0.29) is 11.3 Å². The quantitative estimate of drug-likeness (QED) is 0.855. The first-order valence-electron chi connectivity index (χ1n) is 5.83. The smallest absolute Gasteiger partial charge is 0.348 e. The number of aromatic hydroxyl groups is 1. The Hall–Kier alpha value is -2.43. The summed E-state index contributed by atoms with van der Waals surface area (Å²) in [7, 11) is 0. The molecule has 2 heterocycles.